The van der Waals surface area contributed by atoms with Crippen molar-refractivity contribution < 1.29 is 0 Å². The van der Waals surface area contributed by atoms with Gasteiger partial charge in [-0.1, -0.05) is 0 Å². The smallest absolute Gasteiger partial charge is 0.133 e. The van der Waals surface area contributed by atoms with Crippen LogP contribution in [0.2, 0.25) is 0 Å². The molecule has 0 spiro atoms. The predicted molar refractivity (Wildman–Crippen MR) is 58.3 cm³/mol. The van der Waals surface area contributed by atoms with E-state index in [1.54, 1.807) is 0 Å². The van der Waals surface area contributed by atoms with Gasteiger partial charge in [-0.25, -0.2) is 9.97 Å². The number of halogens is 1. The SMILES string of the molecule is Cc1nc(Br)cc(N2CC3CC3C2)n1. The summed E-state index contributed by atoms with van der Waals surface area (Å²) in [4.78, 5) is 11.0. The van der Waals surface area contributed by atoms with Crippen molar-refractivity contribution in [3.05, 3.63) is 16.5 Å². The van der Waals surface area contributed by atoms with Crippen LogP contribution >= 0.6 is 15.9 Å². The lowest BCUT2D eigenvalue weighted by Crippen LogP contribution is -2.23. The summed E-state index contributed by atoms with van der Waals surface area (Å²) < 4.78 is 0.889. The van der Waals surface area contributed by atoms with E-state index in [4.69, 9.17) is 0 Å². The fourth-order valence-corrected chi connectivity index (χ4v) is 2.73. The van der Waals surface area contributed by atoms with E-state index in [0.29, 0.717) is 0 Å². The minimum Gasteiger partial charge on any atom is -0.356 e. The van der Waals surface area contributed by atoms with Crippen LogP contribution in [0.15, 0.2) is 10.7 Å². The third-order valence-corrected chi connectivity index (χ3v) is 3.50. The van der Waals surface area contributed by atoms with Crippen LogP contribution in [-0.2, 0) is 0 Å². The average Bonchev–Trinajstić information content (AvgIpc) is 2.72. The molecule has 3 nitrogen and oxygen atoms in total. The van der Waals surface area contributed by atoms with Crippen molar-refractivity contribution in [2.24, 2.45) is 11.8 Å². The Balaban J connectivity index is 1.88. The molecule has 2 unspecified atom stereocenters. The minimum absolute atomic E-state index is 0.843. The zero-order valence-electron chi connectivity index (χ0n) is 8.07. The summed E-state index contributed by atoms with van der Waals surface area (Å²) in [5.41, 5.74) is 0. The van der Waals surface area contributed by atoms with Gasteiger partial charge in [0.05, 0.1) is 0 Å². The fraction of sp³-hybridized carbons (Fsp3) is 0.600. The van der Waals surface area contributed by atoms with Crippen LogP contribution in [0.5, 0.6) is 0 Å². The summed E-state index contributed by atoms with van der Waals surface area (Å²) in [6, 6.07) is 2.01. The van der Waals surface area contributed by atoms with Crippen LogP contribution in [0.4, 0.5) is 5.82 Å². The van der Waals surface area contributed by atoms with Gasteiger partial charge in [-0.05, 0) is 41.1 Å². The van der Waals surface area contributed by atoms with Crippen LogP contribution in [0.25, 0.3) is 0 Å². The highest BCUT2D eigenvalue weighted by molar-refractivity contribution is 9.10. The van der Waals surface area contributed by atoms with Crippen LogP contribution in [0, 0.1) is 18.8 Å². The molecular formula is C10H12BrN3. The lowest BCUT2D eigenvalue weighted by atomic mass is 10.4. The third-order valence-electron chi connectivity index (χ3n) is 3.10. The van der Waals surface area contributed by atoms with Crippen LogP contribution in [0.3, 0.4) is 0 Å². The van der Waals surface area contributed by atoms with E-state index in [9.17, 15) is 0 Å². The standard InChI is InChI=1S/C10H12BrN3/c1-6-12-9(11)3-10(13-6)14-4-7-2-8(7)5-14/h3,7-8H,2,4-5H2,1H3. The van der Waals surface area contributed by atoms with Crippen molar-refractivity contribution in [1.29, 1.82) is 0 Å². The quantitative estimate of drug-likeness (QED) is 0.718. The Kier molecular flexibility index (Phi) is 1.81. The number of nitrogens with zero attached hydrogens (tertiary/aromatic N) is 3. The molecule has 4 heteroatoms. The van der Waals surface area contributed by atoms with Gasteiger partial charge in [0.1, 0.15) is 16.2 Å². The molecule has 2 heterocycles. The molecule has 3 rings (SSSR count). The molecule has 1 saturated heterocycles. The summed E-state index contributed by atoms with van der Waals surface area (Å²) in [6.45, 7) is 4.31. The number of hydrogen-bond acceptors (Lipinski definition) is 3. The molecule has 2 fully saturated rings. The average molecular weight is 254 g/mol. The maximum Gasteiger partial charge on any atom is 0.133 e. The number of aromatic nitrogens is 2. The van der Waals surface area contributed by atoms with Crippen molar-refractivity contribution >= 4 is 21.7 Å². The Morgan fingerprint density at radius 2 is 2.07 bits per heavy atom. The van der Waals surface area contributed by atoms with Gasteiger partial charge in [0.2, 0.25) is 0 Å². The zero-order chi connectivity index (χ0) is 9.71. The molecule has 1 aliphatic heterocycles. The lowest BCUT2D eigenvalue weighted by molar-refractivity contribution is 0.796. The first-order valence-corrected chi connectivity index (χ1v) is 5.78. The second-order valence-electron chi connectivity index (χ2n) is 4.26. The number of hydrogen-bond donors (Lipinski definition) is 0. The fourth-order valence-electron chi connectivity index (χ4n) is 2.26. The molecule has 0 aromatic carbocycles. The van der Waals surface area contributed by atoms with Gasteiger partial charge in [-0.2, -0.15) is 0 Å². The maximum absolute atomic E-state index is 4.46. The first-order chi connectivity index (χ1) is 6.72. The van der Waals surface area contributed by atoms with Crippen molar-refractivity contribution in [2.75, 3.05) is 18.0 Å². The summed E-state index contributed by atoms with van der Waals surface area (Å²) >= 11 is 3.41. The number of fused-ring (bicyclic) bond motifs is 1. The molecule has 1 aromatic heterocycles. The van der Waals surface area contributed by atoms with Crippen LogP contribution in [-0.4, -0.2) is 23.1 Å². The van der Waals surface area contributed by atoms with E-state index < -0.39 is 0 Å². The molecule has 74 valence electrons. The largest absolute Gasteiger partial charge is 0.356 e. The van der Waals surface area contributed by atoms with E-state index in [2.05, 4.69) is 30.8 Å². The van der Waals surface area contributed by atoms with Crippen molar-refractivity contribution in [3.63, 3.8) is 0 Å². The van der Waals surface area contributed by atoms with Crippen molar-refractivity contribution in [1.82, 2.24) is 9.97 Å². The molecule has 1 saturated carbocycles. The molecule has 2 atom stereocenters. The first kappa shape index (κ1) is 8.65. The molecular weight excluding hydrogens is 242 g/mol. The Hall–Kier alpha value is -0.640. The molecule has 0 radical (unpaired) electrons. The Bertz CT molecular complexity index is 349. The van der Waals surface area contributed by atoms with E-state index in [1.165, 1.54) is 19.5 Å². The van der Waals surface area contributed by atoms with E-state index >= 15 is 0 Å². The Morgan fingerprint density at radius 3 is 2.71 bits per heavy atom. The number of aryl methyl sites for hydroxylation is 1. The summed E-state index contributed by atoms with van der Waals surface area (Å²) in [7, 11) is 0. The molecule has 1 aromatic rings. The van der Waals surface area contributed by atoms with E-state index in [0.717, 1.165) is 28.1 Å². The van der Waals surface area contributed by atoms with Crippen LogP contribution in [0.1, 0.15) is 12.2 Å². The normalized spacial score (nSPS) is 29.1. The predicted octanol–water partition coefficient (Wildman–Crippen LogP) is 2.00. The minimum atomic E-state index is 0.843. The molecule has 0 amide bonds. The zero-order valence-corrected chi connectivity index (χ0v) is 9.66. The number of rotatable bonds is 1. The Morgan fingerprint density at radius 1 is 1.36 bits per heavy atom. The molecule has 2 aliphatic rings. The van der Waals surface area contributed by atoms with E-state index in [-0.39, 0.29) is 0 Å². The summed E-state index contributed by atoms with van der Waals surface area (Å²) in [5, 5.41) is 0. The van der Waals surface area contributed by atoms with Crippen LogP contribution < -0.4 is 4.90 Å². The molecule has 0 N–H and O–H groups in total. The van der Waals surface area contributed by atoms with E-state index in [1.807, 2.05) is 13.0 Å². The number of anilines is 1. The van der Waals surface area contributed by atoms with Gasteiger partial charge in [-0.3, -0.25) is 0 Å². The highest BCUT2D eigenvalue weighted by Crippen LogP contribution is 2.45. The highest BCUT2D eigenvalue weighted by Gasteiger charge is 2.45. The first-order valence-electron chi connectivity index (χ1n) is 4.98. The molecule has 0 bridgehead atoms. The van der Waals surface area contributed by atoms with Gasteiger partial charge < -0.3 is 4.90 Å². The summed E-state index contributed by atoms with van der Waals surface area (Å²) in [6.07, 6.45) is 1.43. The van der Waals surface area contributed by atoms with Crippen molar-refractivity contribution in [2.45, 2.75) is 13.3 Å². The molecule has 1 aliphatic carbocycles. The van der Waals surface area contributed by atoms with Gasteiger partial charge >= 0.3 is 0 Å². The topological polar surface area (TPSA) is 29.0 Å². The summed E-state index contributed by atoms with van der Waals surface area (Å²) in [5.74, 6) is 3.82. The van der Waals surface area contributed by atoms with Gasteiger partial charge in [-0.15, -0.1) is 0 Å². The van der Waals surface area contributed by atoms with Crippen molar-refractivity contribution in [3.8, 4) is 0 Å². The van der Waals surface area contributed by atoms with Gasteiger partial charge in [0, 0.05) is 19.2 Å². The maximum atomic E-state index is 4.46. The highest BCUT2D eigenvalue weighted by atomic mass is 79.9. The second-order valence-corrected chi connectivity index (χ2v) is 5.07. The van der Waals surface area contributed by atoms with Gasteiger partial charge in [0.25, 0.3) is 0 Å². The third kappa shape index (κ3) is 1.41. The Labute approximate surface area is 91.7 Å². The lowest BCUT2D eigenvalue weighted by Gasteiger charge is -2.19. The van der Waals surface area contributed by atoms with Gasteiger partial charge in [0.15, 0.2) is 0 Å². The number of piperidine rings is 1. The molecule has 14 heavy (non-hydrogen) atoms. The second kappa shape index (κ2) is 2.92. The monoisotopic (exact) mass is 253 g/mol.